The van der Waals surface area contributed by atoms with Crippen LogP contribution in [-0.4, -0.2) is 25.9 Å². The number of aromatic nitrogens is 3. The first-order valence-corrected chi connectivity index (χ1v) is 12.6. The van der Waals surface area contributed by atoms with E-state index >= 15 is 0 Å². The second-order valence-electron chi connectivity index (χ2n) is 8.90. The standard InChI is InChI=1S/C26H27N5O3S/c1-15-14-19(17(3)31(15)18-10-6-4-7-11-18)23(32)28-29-24(33)22-16(2)21-25(35-22)27-20-12-8-5-9-13-30(20)26(21)34/h4,6-7,10-11,14H,5,8-9,12-13H2,1-3H3,(H,28,32)(H,29,33). The lowest BCUT2D eigenvalue weighted by molar-refractivity contribution is 0.0848. The van der Waals surface area contributed by atoms with E-state index in [1.54, 1.807) is 17.6 Å². The first kappa shape index (κ1) is 23.0. The van der Waals surface area contributed by atoms with Crippen LogP contribution in [0.5, 0.6) is 0 Å². The molecule has 8 nitrogen and oxygen atoms in total. The van der Waals surface area contributed by atoms with Crippen molar-refractivity contribution in [3.8, 4) is 5.69 Å². The monoisotopic (exact) mass is 489 g/mol. The molecule has 0 saturated carbocycles. The molecule has 2 amide bonds. The third-order valence-electron chi connectivity index (χ3n) is 6.60. The number of hydrazine groups is 1. The minimum absolute atomic E-state index is 0.0860. The summed E-state index contributed by atoms with van der Waals surface area (Å²) in [6.07, 6.45) is 3.80. The Bertz CT molecular complexity index is 1510. The zero-order chi connectivity index (χ0) is 24.7. The van der Waals surface area contributed by atoms with Gasteiger partial charge in [-0.2, -0.15) is 0 Å². The van der Waals surface area contributed by atoms with E-state index in [0.717, 1.165) is 48.6 Å². The number of thiophene rings is 1. The van der Waals surface area contributed by atoms with Crippen molar-refractivity contribution in [2.75, 3.05) is 0 Å². The van der Waals surface area contributed by atoms with Crippen molar-refractivity contribution in [1.29, 1.82) is 0 Å². The minimum Gasteiger partial charge on any atom is -0.318 e. The Kier molecular flexibility index (Phi) is 6.02. The first-order valence-electron chi connectivity index (χ1n) is 11.7. The molecule has 0 bridgehead atoms. The molecule has 0 spiro atoms. The molecule has 0 radical (unpaired) electrons. The number of nitrogens with zero attached hydrogens (tertiary/aromatic N) is 3. The molecular weight excluding hydrogens is 462 g/mol. The molecule has 1 aromatic carbocycles. The maximum Gasteiger partial charge on any atom is 0.280 e. The van der Waals surface area contributed by atoms with Crippen molar-refractivity contribution in [3.05, 3.63) is 80.0 Å². The number of nitrogens with one attached hydrogen (secondary N) is 2. The van der Waals surface area contributed by atoms with Crippen LogP contribution in [0.25, 0.3) is 15.9 Å². The Morgan fingerprint density at radius 2 is 1.74 bits per heavy atom. The van der Waals surface area contributed by atoms with Crippen molar-refractivity contribution in [2.45, 2.75) is 53.0 Å². The van der Waals surface area contributed by atoms with Crippen LogP contribution < -0.4 is 16.4 Å². The summed E-state index contributed by atoms with van der Waals surface area (Å²) in [6, 6.07) is 11.6. The molecule has 2 N–H and O–H groups in total. The van der Waals surface area contributed by atoms with Gasteiger partial charge in [0.25, 0.3) is 17.4 Å². The van der Waals surface area contributed by atoms with Gasteiger partial charge in [0.2, 0.25) is 0 Å². The SMILES string of the molecule is Cc1c(C(=O)NNC(=O)c2cc(C)n(-c3ccccc3)c2C)sc2nc3n(c(=O)c12)CCCCC3. The molecule has 4 heterocycles. The number of carbonyl (C=O) groups is 2. The van der Waals surface area contributed by atoms with Crippen molar-refractivity contribution in [2.24, 2.45) is 0 Å². The second kappa shape index (κ2) is 9.14. The van der Waals surface area contributed by atoms with Gasteiger partial charge >= 0.3 is 0 Å². The third kappa shape index (κ3) is 4.05. The number of para-hydroxylation sites is 1. The number of amides is 2. The number of rotatable bonds is 3. The van der Waals surface area contributed by atoms with Gasteiger partial charge in [-0.05, 0) is 57.4 Å². The van der Waals surface area contributed by atoms with Gasteiger partial charge in [-0.25, -0.2) is 4.98 Å². The van der Waals surface area contributed by atoms with Gasteiger partial charge in [-0.15, -0.1) is 11.3 Å². The third-order valence-corrected chi connectivity index (χ3v) is 7.78. The lowest BCUT2D eigenvalue weighted by atomic mass is 10.2. The second-order valence-corrected chi connectivity index (χ2v) is 9.89. The van der Waals surface area contributed by atoms with E-state index in [1.807, 2.05) is 48.7 Å². The summed E-state index contributed by atoms with van der Waals surface area (Å²) in [5.74, 6) is -0.0806. The van der Waals surface area contributed by atoms with Gasteiger partial charge < -0.3 is 4.57 Å². The quantitative estimate of drug-likeness (QED) is 0.426. The fourth-order valence-electron chi connectivity index (χ4n) is 4.83. The molecule has 0 fully saturated rings. The Hall–Kier alpha value is -3.72. The highest BCUT2D eigenvalue weighted by Crippen LogP contribution is 2.28. The highest BCUT2D eigenvalue weighted by atomic mass is 32.1. The number of aryl methyl sites for hydroxylation is 3. The van der Waals surface area contributed by atoms with Crippen LogP contribution in [0.4, 0.5) is 0 Å². The molecule has 1 aliphatic rings. The minimum atomic E-state index is -0.463. The Balaban J connectivity index is 1.38. The van der Waals surface area contributed by atoms with E-state index < -0.39 is 11.8 Å². The summed E-state index contributed by atoms with van der Waals surface area (Å²) in [7, 11) is 0. The van der Waals surface area contributed by atoms with E-state index in [4.69, 9.17) is 4.98 Å². The molecule has 3 aromatic heterocycles. The summed E-state index contributed by atoms with van der Waals surface area (Å²) >= 11 is 1.19. The van der Waals surface area contributed by atoms with Gasteiger partial charge in [0.15, 0.2) is 0 Å². The smallest absolute Gasteiger partial charge is 0.280 e. The molecule has 180 valence electrons. The molecule has 0 unspecified atom stereocenters. The molecule has 0 aliphatic carbocycles. The van der Waals surface area contributed by atoms with Crippen molar-refractivity contribution in [1.82, 2.24) is 25.0 Å². The van der Waals surface area contributed by atoms with E-state index in [0.29, 0.717) is 32.8 Å². The van der Waals surface area contributed by atoms with Crippen molar-refractivity contribution < 1.29 is 9.59 Å². The molecule has 0 atom stereocenters. The van der Waals surface area contributed by atoms with Gasteiger partial charge in [-0.1, -0.05) is 24.6 Å². The van der Waals surface area contributed by atoms with Crippen LogP contribution in [0.3, 0.4) is 0 Å². The number of hydrogen-bond acceptors (Lipinski definition) is 5. The van der Waals surface area contributed by atoms with Gasteiger partial charge in [-0.3, -0.25) is 29.8 Å². The molecule has 35 heavy (non-hydrogen) atoms. The Labute approximate surface area is 206 Å². The summed E-state index contributed by atoms with van der Waals surface area (Å²) in [4.78, 5) is 44.7. The lowest BCUT2D eigenvalue weighted by Gasteiger charge is -2.10. The summed E-state index contributed by atoms with van der Waals surface area (Å²) in [5, 5.41) is 0.489. The summed E-state index contributed by atoms with van der Waals surface area (Å²) in [5.41, 5.74) is 8.68. The zero-order valence-corrected chi connectivity index (χ0v) is 20.8. The summed E-state index contributed by atoms with van der Waals surface area (Å²) in [6.45, 7) is 6.22. The summed E-state index contributed by atoms with van der Waals surface area (Å²) < 4.78 is 3.75. The van der Waals surface area contributed by atoms with Crippen LogP contribution in [0.1, 0.15) is 62.1 Å². The largest absolute Gasteiger partial charge is 0.318 e. The van der Waals surface area contributed by atoms with Crippen LogP contribution >= 0.6 is 11.3 Å². The molecular formula is C26H27N5O3S. The predicted octanol–water partition coefficient (Wildman–Crippen LogP) is 3.98. The van der Waals surface area contributed by atoms with Crippen molar-refractivity contribution in [3.63, 3.8) is 0 Å². The maximum absolute atomic E-state index is 13.1. The van der Waals surface area contributed by atoms with Gasteiger partial charge in [0.1, 0.15) is 10.7 Å². The van der Waals surface area contributed by atoms with Gasteiger partial charge in [0, 0.05) is 30.0 Å². The fraction of sp³-hybridized carbons (Fsp3) is 0.308. The number of fused-ring (bicyclic) bond motifs is 2. The molecule has 9 heteroatoms. The van der Waals surface area contributed by atoms with E-state index in [2.05, 4.69) is 10.9 Å². The average Bonchev–Trinajstić information content (AvgIpc) is 3.21. The average molecular weight is 490 g/mol. The van der Waals surface area contributed by atoms with E-state index in [-0.39, 0.29) is 5.56 Å². The highest BCUT2D eigenvalue weighted by Gasteiger charge is 2.23. The Morgan fingerprint density at radius 1 is 1.00 bits per heavy atom. The highest BCUT2D eigenvalue weighted by molar-refractivity contribution is 7.20. The molecule has 1 aliphatic heterocycles. The number of hydrogen-bond donors (Lipinski definition) is 2. The predicted molar refractivity (Wildman–Crippen MR) is 136 cm³/mol. The van der Waals surface area contributed by atoms with Crippen LogP contribution in [0.15, 0.2) is 41.2 Å². The number of carbonyl (C=O) groups excluding carboxylic acids is 2. The molecule has 4 aromatic rings. The van der Waals surface area contributed by atoms with Crippen LogP contribution in [0, 0.1) is 20.8 Å². The van der Waals surface area contributed by atoms with Crippen LogP contribution in [-0.2, 0) is 13.0 Å². The Morgan fingerprint density at radius 3 is 2.51 bits per heavy atom. The normalized spacial score (nSPS) is 13.3. The van der Waals surface area contributed by atoms with E-state index in [1.165, 1.54) is 11.3 Å². The topological polar surface area (TPSA) is 98.0 Å². The van der Waals surface area contributed by atoms with E-state index in [9.17, 15) is 14.4 Å². The van der Waals surface area contributed by atoms with Crippen molar-refractivity contribution >= 4 is 33.4 Å². The molecule has 0 saturated heterocycles. The van der Waals surface area contributed by atoms with Crippen LogP contribution in [0.2, 0.25) is 0 Å². The molecule has 5 rings (SSSR count). The zero-order valence-electron chi connectivity index (χ0n) is 20.0. The first-order chi connectivity index (χ1) is 16.9. The lowest BCUT2D eigenvalue weighted by Crippen LogP contribution is -2.41. The number of benzene rings is 1. The fourth-order valence-corrected chi connectivity index (χ4v) is 5.92. The maximum atomic E-state index is 13.1. The van der Waals surface area contributed by atoms with Gasteiger partial charge in [0.05, 0.1) is 15.8 Å².